The Balaban J connectivity index is 2.84. The molecule has 13 heavy (non-hydrogen) atoms. The van der Waals surface area contributed by atoms with Crippen LogP contribution in [-0.2, 0) is 0 Å². The summed E-state index contributed by atoms with van der Waals surface area (Å²) in [7, 11) is 0. The van der Waals surface area contributed by atoms with E-state index in [2.05, 4.69) is 0 Å². The minimum Gasteiger partial charge on any atom is -0.330 e. The third-order valence-electron chi connectivity index (χ3n) is 2.31. The largest absolute Gasteiger partial charge is 0.330 e. The second-order valence-corrected chi connectivity index (χ2v) is 3.39. The van der Waals surface area contributed by atoms with Crippen molar-refractivity contribution in [3.8, 4) is 0 Å². The molecule has 0 amide bonds. The van der Waals surface area contributed by atoms with Gasteiger partial charge in [-0.25, -0.2) is 4.39 Å². The Kier molecular flexibility index (Phi) is 3.43. The maximum Gasteiger partial charge on any atom is 0.126 e. The average molecular weight is 181 g/mol. The zero-order valence-electron chi connectivity index (χ0n) is 8.18. The minimum atomic E-state index is -0.913. The fraction of sp³-hybridized carbons (Fsp3) is 0.455. The molecule has 1 aromatic carbocycles. The first-order valence-corrected chi connectivity index (χ1v) is 4.56. The van der Waals surface area contributed by atoms with Crippen molar-refractivity contribution in [1.29, 1.82) is 0 Å². The first kappa shape index (κ1) is 10.2. The highest BCUT2D eigenvalue weighted by Crippen LogP contribution is 2.22. The van der Waals surface area contributed by atoms with Crippen molar-refractivity contribution in [3.05, 3.63) is 34.9 Å². The van der Waals surface area contributed by atoms with E-state index >= 15 is 0 Å². The van der Waals surface area contributed by atoms with Crippen molar-refractivity contribution < 1.29 is 4.39 Å². The van der Waals surface area contributed by atoms with Gasteiger partial charge in [0.05, 0.1) is 0 Å². The lowest BCUT2D eigenvalue weighted by atomic mass is 10.0. The summed E-state index contributed by atoms with van der Waals surface area (Å²) in [6.45, 7) is 4.41. The third-order valence-corrected chi connectivity index (χ3v) is 2.31. The molecule has 0 aromatic heterocycles. The molecule has 0 spiro atoms. The topological polar surface area (TPSA) is 26.0 Å². The summed E-state index contributed by atoms with van der Waals surface area (Å²) in [4.78, 5) is 0. The molecule has 0 fully saturated rings. The van der Waals surface area contributed by atoms with E-state index in [1.165, 1.54) is 5.56 Å². The SMILES string of the molecule is Cc1ccc(C(F)CCN)cc1C. The number of aryl methyl sites for hydroxylation is 2. The Morgan fingerprint density at radius 1 is 1.31 bits per heavy atom. The third kappa shape index (κ3) is 2.52. The van der Waals surface area contributed by atoms with E-state index < -0.39 is 6.17 Å². The maximum atomic E-state index is 13.4. The van der Waals surface area contributed by atoms with Crippen molar-refractivity contribution in [2.75, 3.05) is 6.54 Å². The van der Waals surface area contributed by atoms with E-state index in [0.29, 0.717) is 13.0 Å². The van der Waals surface area contributed by atoms with Crippen LogP contribution in [0.1, 0.15) is 29.3 Å². The van der Waals surface area contributed by atoms with Crippen molar-refractivity contribution in [2.24, 2.45) is 5.73 Å². The number of alkyl halides is 1. The number of halogens is 1. The summed E-state index contributed by atoms with van der Waals surface area (Å²) in [5.74, 6) is 0. The fourth-order valence-corrected chi connectivity index (χ4v) is 1.27. The van der Waals surface area contributed by atoms with Gasteiger partial charge in [-0.3, -0.25) is 0 Å². The summed E-state index contributed by atoms with van der Waals surface area (Å²) in [6, 6.07) is 5.69. The number of rotatable bonds is 3. The molecule has 1 nitrogen and oxygen atoms in total. The molecule has 0 aliphatic carbocycles. The Hall–Kier alpha value is -0.890. The van der Waals surface area contributed by atoms with E-state index in [9.17, 15) is 4.39 Å². The second kappa shape index (κ2) is 4.38. The van der Waals surface area contributed by atoms with E-state index in [4.69, 9.17) is 5.73 Å². The number of nitrogens with two attached hydrogens (primary N) is 1. The lowest BCUT2D eigenvalue weighted by Crippen LogP contribution is -2.03. The number of benzene rings is 1. The van der Waals surface area contributed by atoms with Crippen LogP contribution in [0.2, 0.25) is 0 Å². The highest BCUT2D eigenvalue weighted by Gasteiger charge is 2.08. The van der Waals surface area contributed by atoms with Crippen LogP contribution in [-0.4, -0.2) is 6.54 Å². The lowest BCUT2D eigenvalue weighted by molar-refractivity contribution is 0.327. The molecular formula is C11H16FN. The number of hydrogen-bond acceptors (Lipinski definition) is 1. The van der Waals surface area contributed by atoms with Crippen molar-refractivity contribution in [3.63, 3.8) is 0 Å². The Morgan fingerprint density at radius 2 is 2.00 bits per heavy atom. The van der Waals surface area contributed by atoms with Crippen molar-refractivity contribution in [2.45, 2.75) is 26.4 Å². The van der Waals surface area contributed by atoms with E-state index in [1.54, 1.807) is 0 Å². The van der Waals surface area contributed by atoms with Crippen LogP contribution in [0.5, 0.6) is 0 Å². The molecule has 0 aliphatic rings. The molecule has 0 saturated heterocycles. The van der Waals surface area contributed by atoms with Gasteiger partial charge >= 0.3 is 0 Å². The van der Waals surface area contributed by atoms with Gasteiger partial charge in [-0.05, 0) is 43.5 Å². The molecule has 0 saturated carbocycles. The van der Waals surface area contributed by atoms with Crippen LogP contribution in [0.25, 0.3) is 0 Å². The van der Waals surface area contributed by atoms with Crippen LogP contribution in [0, 0.1) is 13.8 Å². The molecule has 2 N–H and O–H groups in total. The zero-order valence-corrected chi connectivity index (χ0v) is 8.18. The predicted molar refractivity (Wildman–Crippen MR) is 53.4 cm³/mol. The van der Waals surface area contributed by atoms with E-state index in [0.717, 1.165) is 11.1 Å². The Morgan fingerprint density at radius 3 is 2.54 bits per heavy atom. The fourth-order valence-electron chi connectivity index (χ4n) is 1.27. The van der Waals surface area contributed by atoms with Gasteiger partial charge < -0.3 is 5.73 Å². The van der Waals surface area contributed by atoms with Gasteiger partial charge in [0.15, 0.2) is 0 Å². The summed E-state index contributed by atoms with van der Waals surface area (Å²) in [5, 5.41) is 0. The standard InChI is InChI=1S/C11H16FN/c1-8-3-4-10(7-9(8)2)11(12)5-6-13/h3-4,7,11H,5-6,13H2,1-2H3. The molecule has 0 radical (unpaired) electrons. The molecule has 1 atom stereocenters. The van der Waals surface area contributed by atoms with E-state index in [-0.39, 0.29) is 0 Å². The second-order valence-electron chi connectivity index (χ2n) is 3.39. The minimum absolute atomic E-state index is 0.397. The first-order chi connectivity index (χ1) is 6.15. The Bertz CT molecular complexity index is 283. The van der Waals surface area contributed by atoms with Crippen molar-refractivity contribution >= 4 is 0 Å². The molecule has 1 aromatic rings. The summed E-state index contributed by atoms with van der Waals surface area (Å²) in [6.07, 6.45) is -0.507. The quantitative estimate of drug-likeness (QED) is 0.762. The Labute approximate surface area is 78.8 Å². The average Bonchev–Trinajstić information content (AvgIpc) is 2.10. The molecular weight excluding hydrogens is 165 g/mol. The van der Waals surface area contributed by atoms with Gasteiger partial charge in [-0.15, -0.1) is 0 Å². The monoisotopic (exact) mass is 181 g/mol. The van der Waals surface area contributed by atoms with Crippen LogP contribution < -0.4 is 5.73 Å². The van der Waals surface area contributed by atoms with Gasteiger partial charge in [-0.1, -0.05) is 18.2 Å². The highest BCUT2D eigenvalue weighted by molar-refractivity contribution is 5.31. The zero-order chi connectivity index (χ0) is 9.84. The van der Waals surface area contributed by atoms with Gasteiger partial charge in [0.1, 0.15) is 6.17 Å². The predicted octanol–water partition coefficient (Wildman–Crippen LogP) is 2.66. The summed E-state index contributed by atoms with van der Waals surface area (Å²) in [5.41, 5.74) is 8.37. The highest BCUT2D eigenvalue weighted by atomic mass is 19.1. The molecule has 0 bridgehead atoms. The smallest absolute Gasteiger partial charge is 0.126 e. The van der Waals surface area contributed by atoms with Crippen LogP contribution in [0.4, 0.5) is 4.39 Å². The van der Waals surface area contributed by atoms with E-state index in [1.807, 2.05) is 32.0 Å². The summed E-state index contributed by atoms with van der Waals surface area (Å²) < 4.78 is 13.4. The molecule has 72 valence electrons. The molecule has 1 unspecified atom stereocenters. The molecule has 0 heterocycles. The molecule has 0 aliphatic heterocycles. The summed E-state index contributed by atoms with van der Waals surface area (Å²) >= 11 is 0. The van der Waals surface area contributed by atoms with Crippen LogP contribution in [0.15, 0.2) is 18.2 Å². The van der Waals surface area contributed by atoms with Gasteiger partial charge in [0.2, 0.25) is 0 Å². The van der Waals surface area contributed by atoms with Gasteiger partial charge in [0, 0.05) is 0 Å². The van der Waals surface area contributed by atoms with Crippen LogP contribution >= 0.6 is 0 Å². The molecule has 1 rings (SSSR count). The first-order valence-electron chi connectivity index (χ1n) is 4.56. The normalized spacial score (nSPS) is 12.9. The maximum absolute atomic E-state index is 13.4. The van der Waals surface area contributed by atoms with Gasteiger partial charge in [-0.2, -0.15) is 0 Å². The van der Waals surface area contributed by atoms with Crippen LogP contribution in [0.3, 0.4) is 0 Å². The van der Waals surface area contributed by atoms with Gasteiger partial charge in [0.25, 0.3) is 0 Å². The lowest BCUT2D eigenvalue weighted by Gasteiger charge is -2.09. The number of hydrogen-bond donors (Lipinski definition) is 1. The van der Waals surface area contributed by atoms with Crippen molar-refractivity contribution in [1.82, 2.24) is 0 Å². The molecule has 2 heteroatoms.